The number of nitrogens with one attached hydrogen (secondary N) is 1. The highest BCUT2D eigenvalue weighted by Crippen LogP contribution is 2.18. The first-order chi connectivity index (χ1) is 6.94. The maximum absolute atomic E-state index is 11.6. The zero-order valence-corrected chi connectivity index (χ0v) is 9.34. The van der Waals surface area contributed by atoms with Crippen LogP contribution < -0.4 is 5.32 Å². The van der Waals surface area contributed by atoms with E-state index in [1.54, 1.807) is 24.3 Å². The first-order valence-electron chi connectivity index (χ1n) is 4.51. The van der Waals surface area contributed by atoms with Crippen molar-refractivity contribution in [3.8, 4) is 0 Å². The van der Waals surface area contributed by atoms with Crippen LogP contribution in [-0.4, -0.2) is 16.6 Å². The molecule has 1 aromatic rings. The van der Waals surface area contributed by atoms with Gasteiger partial charge in [-0.3, -0.25) is 9.59 Å². The number of hydrogen-bond acceptors (Lipinski definition) is 2. The van der Waals surface area contributed by atoms with Gasteiger partial charge in [0.1, 0.15) is 0 Å². The molecule has 1 N–H and O–H groups in total. The lowest BCUT2D eigenvalue weighted by molar-refractivity contribution is -0.127. The van der Waals surface area contributed by atoms with Crippen LogP contribution in [0, 0.1) is 0 Å². The van der Waals surface area contributed by atoms with Gasteiger partial charge in [0.15, 0.2) is 10.7 Å². The van der Waals surface area contributed by atoms with Crippen LogP contribution in [-0.2, 0) is 9.59 Å². The van der Waals surface area contributed by atoms with E-state index in [2.05, 4.69) is 5.32 Å². The molecule has 0 fully saturated rings. The molecular weight excluding hydrogens is 214 g/mol. The van der Waals surface area contributed by atoms with E-state index in [4.69, 9.17) is 11.6 Å². The van der Waals surface area contributed by atoms with E-state index in [1.165, 1.54) is 13.8 Å². The molecule has 0 saturated heterocycles. The topological polar surface area (TPSA) is 46.2 Å². The minimum absolute atomic E-state index is 0.377. The lowest BCUT2D eigenvalue weighted by atomic mass is 10.1. The molecule has 4 heteroatoms. The molecule has 80 valence electrons. The Bertz CT molecular complexity index is 373. The fourth-order valence-corrected chi connectivity index (χ4v) is 0.977. The zero-order valence-electron chi connectivity index (χ0n) is 8.58. The SMILES string of the molecule is CC(=O)C(C)(Cl)C(=O)Nc1ccccc1. The number of anilines is 1. The van der Waals surface area contributed by atoms with Gasteiger partial charge in [-0.15, -0.1) is 11.6 Å². The van der Waals surface area contributed by atoms with Crippen molar-refractivity contribution in [1.82, 2.24) is 0 Å². The largest absolute Gasteiger partial charge is 0.324 e. The molecule has 0 aliphatic carbocycles. The molecule has 1 atom stereocenters. The molecule has 0 saturated carbocycles. The van der Waals surface area contributed by atoms with Crippen LogP contribution in [0.15, 0.2) is 30.3 Å². The second-order valence-corrected chi connectivity index (χ2v) is 4.14. The first kappa shape index (κ1) is 11.7. The molecular formula is C11H12ClNO2. The summed E-state index contributed by atoms with van der Waals surface area (Å²) in [5, 5.41) is 2.57. The minimum Gasteiger partial charge on any atom is -0.324 e. The predicted molar refractivity (Wildman–Crippen MR) is 60.0 cm³/mol. The van der Waals surface area contributed by atoms with Gasteiger partial charge >= 0.3 is 0 Å². The number of benzene rings is 1. The Balaban J connectivity index is 2.77. The monoisotopic (exact) mass is 225 g/mol. The lowest BCUT2D eigenvalue weighted by Gasteiger charge is -2.17. The van der Waals surface area contributed by atoms with Gasteiger partial charge < -0.3 is 5.32 Å². The number of Topliss-reactive ketones (excluding diaryl/α,β-unsaturated/α-hetero) is 1. The first-order valence-corrected chi connectivity index (χ1v) is 4.89. The Hall–Kier alpha value is -1.35. The van der Waals surface area contributed by atoms with Gasteiger partial charge in [0.25, 0.3) is 5.91 Å². The van der Waals surface area contributed by atoms with Gasteiger partial charge in [-0.25, -0.2) is 0 Å². The zero-order chi connectivity index (χ0) is 11.5. The van der Waals surface area contributed by atoms with E-state index < -0.39 is 10.8 Å². The number of alkyl halides is 1. The standard InChI is InChI=1S/C11H12ClNO2/c1-8(14)11(2,12)10(15)13-9-6-4-3-5-7-9/h3-7H,1-2H3,(H,13,15). The number of para-hydroxylation sites is 1. The van der Waals surface area contributed by atoms with Crippen molar-refractivity contribution in [2.24, 2.45) is 0 Å². The molecule has 1 unspecified atom stereocenters. The summed E-state index contributed by atoms with van der Waals surface area (Å²) in [7, 11) is 0. The predicted octanol–water partition coefficient (Wildman–Crippen LogP) is 2.21. The Kier molecular flexibility index (Phi) is 3.48. The fourth-order valence-electron chi connectivity index (χ4n) is 0.930. The summed E-state index contributed by atoms with van der Waals surface area (Å²) in [6.07, 6.45) is 0. The van der Waals surface area contributed by atoms with Crippen molar-refractivity contribution >= 4 is 29.0 Å². The van der Waals surface area contributed by atoms with E-state index in [0.29, 0.717) is 5.69 Å². The van der Waals surface area contributed by atoms with Gasteiger partial charge in [0.05, 0.1) is 0 Å². The molecule has 0 radical (unpaired) electrons. The van der Waals surface area contributed by atoms with Gasteiger partial charge in [0, 0.05) is 5.69 Å². The maximum atomic E-state index is 11.6. The molecule has 0 spiro atoms. The van der Waals surface area contributed by atoms with Crippen LogP contribution in [0.5, 0.6) is 0 Å². The highest BCUT2D eigenvalue weighted by molar-refractivity contribution is 6.47. The van der Waals surface area contributed by atoms with E-state index >= 15 is 0 Å². The number of amides is 1. The third-order valence-electron chi connectivity index (χ3n) is 2.12. The van der Waals surface area contributed by atoms with Crippen LogP contribution in [0.1, 0.15) is 13.8 Å². The number of rotatable bonds is 3. The fraction of sp³-hybridized carbons (Fsp3) is 0.273. The van der Waals surface area contributed by atoms with Crippen molar-refractivity contribution in [3.63, 3.8) is 0 Å². The molecule has 0 aliphatic heterocycles. The molecule has 0 aliphatic rings. The highest BCUT2D eigenvalue weighted by atomic mass is 35.5. The Morgan fingerprint density at radius 3 is 2.27 bits per heavy atom. The Morgan fingerprint density at radius 2 is 1.80 bits per heavy atom. The Morgan fingerprint density at radius 1 is 1.27 bits per heavy atom. The summed E-state index contributed by atoms with van der Waals surface area (Å²) in [5.74, 6) is -0.888. The molecule has 1 rings (SSSR count). The minimum atomic E-state index is -1.50. The second-order valence-electron chi connectivity index (χ2n) is 3.38. The summed E-state index contributed by atoms with van der Waals surface area (Å²) in [4.78, 5) is 21.2. The van der Waals surface area contributed by atoms with Crippen LogP contribution >= 0.6 is 11.6 Å². The highest BCUT2D eigenvalue weighted by Gasteiger charge is 2.35. The molecule has 1 amide bonds. The molecule has 0 bridgehead atoms. The molecule has 15 heavy (non-hydrogen) atoms. The van der Waals surface area contributed by atoms with E-state index in [-0.39, 0.29) is 5.78 Å². The molecule has 1 aromatic carbocycles. The molecule has 0 aromatic heterocycles. The summed E-state index contributed by atoms with van der Waals surface area (Å²) in [6.45, 7) is 2.67. The summed E-state index contributed by atoms with van der Waals surface area (Å²) in [5.41, 5.74) is 0.621. The van der Waals surface area contributed by atoms with Gasteiger partial charge in [-0.1, -0.05) is 18.2 Å². The van der Waals surface area contributed by atoms with Crippen LogP contribution in [0.2, 0.25) is 0 Å². The van der Waals surface area contributed by atoms with Crippen LogP contribution in [0.25, 0.3) is 0 Å². The smallest absolute Gasteiger partial charge is 0.252 e. The number of carbonyl (C=O) groups excluding carboxylic acids is 2. The van der Waals surface area contributed by atoms with Gasteiger partial charge in [0.2, 0.25) is 0 Å². The third kappa shape index (κ3) is 2.80. The van der Waals surface area contributed by atoms with Crippen molar-refractivity contribution in [1.29, 1.82) is 0 Å². The van der Waals surface area contributed by atoms with E-state index in [0.717, 1.165) is 0 Å². The average Bonchev–Trinajstić information content (AvgIpc) is 2.18. The number of ketones is 1. The molecule has 0 heterocycles. The van der Waals surface area contributed by atoms with Crippen LogP contribution in [0.4, 0.5) is 5.69 Å². The number of carbonyl (C=O) groups is 2. The lowest BCUT2D eigenvalue weighted by Crippen LogP contribution is -2.40. The third-order valence-corrected chi connectivity index (χ3v) is 2.56. The van der Waals surface area contributed by atoms with E-state index in [9.17, 15) is 9.59 Å². The summed E-state index contributed by atoms with van der Waals surface area (Å²) >= 11 is 5.81. The quantitative estimate of drug-likeness (QED) is 0.633. The summed E-state index contributed by atoms with van der Waals surface area (Å²) < 4.78 is 0. The van der Waals surface area contributed by atoms with Crippen molar-refractivity contribution in [3.05, 3.63) is 30.3 Å². The van der Waals surface area contributed by atoms with E-state index in [1.807, 2.05) is 6.07 Å². The van der Waals surface area contributed by atoms with Crippen molar-refractivity contribution in [2.75, 3.05) is 5.32 Å². The second kappa shape index (κ2) is 4.45. The number of hydrogen-bond donors (Lipinski definition) is 1. The van der Waals surface area contributed by atoms with Crippen LogP contribution in [0.3, 0.4) is 0 Å². The maximum Gasteiger partial charge on any atom is 0.252 e. The van der Waals surface area contributed by atoms with Gasteiger partial charge in [-0.05, 0) is 26.0 Å². The average molecular weight is 226 g/mol. The summed E-state index contributed by atoms with van der Waals surface area (Å²) in [6, 6.07) is 8.86. The van der Waals surface area contributed by atoms with Crippen molar-refractivity contribution in [2.45, 2.75) is 18.7 Å². The van der Waals surface area contributed by atoms with Gasteiger partial charge in [-0.2, -0.15) is 0 Å². The molecule has 3 nitrogen and oxygen atoms in total. The van der Waals surface area contributed by atoms with Crippen molar-refractivity contribution < 1.29 is 9.59 Å². The Labute approximate surface area is 93.4 Å². The normalized spacial score (nSPS) is 14.1. The number of halogens is 1.